The van der Waals surface area contributed by atoms with Crippen LogP contribution in [0.3, 0.4) is 0 Å². The molecule has 100 valence electrons. The summed E-state index contributed by atoms with van der Waals surface area (Å²) in [5.74, 6) is -2.45. The van der Waals surface area contributed by atoms with Gasteiger partial charge in [0.05, 0.1) is 12.8 Å². The van der Waals surface area contributed by atoms with Gasteiger partial charge in [-0.2, -0.15) is 0 Å². The topological polar surface area (TPSA) is 156 Å². The molecule has 0 aromatic carbocycles. The van der Waals surface area contributed by atoms with Crippen LogP contribution in [-0.4, -0.2) is 34.0 Å². The van der Waals surface area contributed by atoms with Crippen LogP contribution in [0.4, 0.5) is 0 Å². The molecule has 1 heterocycles. The fourth-order valence-electron chi connectivity index (χ4n) is 0.721. The van der Waals surface area contributed by atoms with Gasteiger partial charge in [-0.25, -0.2) is 0 Å². The van der Waals surface area contributed by atoms with E-state index in [1.54, 1.807) is 0 Å². The van der Waals surface area contributed by atoms with E-state index in [4.69, 9.17) is 10.2 Å². The van der Waals surface area contributed by atoms with Crippen LogP contribution in [-0.2, 0) is 19.2 Å². The molecule has 8 nitrogen and oxygen atoms in total. The fraction of sp³-hybridized carbons (Fsp3) is 0.556. The number of amides is 2. The summed E-state index contributed by atoms with van der Waals surface area (Å²) in [5.41, 5.74) is 0. The van der Waals surface area contributed by atoms with Gasteiger partial charge < -0.3 is 16.4 Å². The molecule has 6 N–H and O–H groups in total. The molecular formula is C9H18N2O6. The lowest BCUT2D eigenvalue weighted by molar-refractivity contribution is -0.143. The van der Waals surface area contributed by atoms with E-state index in [1.165, 1.54) is 0 Å². The van der Waals surface area contributed by atoms with Gasteiger partial charge in [-0.15, -0.1) is 0 Å². The van der Waals surface area contributed by atoms with Crippen LogP contribution in [0.25, 0.3) is 0 Å². The Hall–Kier alpha value is -1.96. The summed E-state index contributed by atoms with van der Waals surface area (Å²) in [6, 6.07) is 0. The van der Waals surface area contributed by atoms with Gasteiger partial charge in [-0.3, -0.25) is 24.5 Å². The van der Waals surface area contributed by atoms with Crippen molar-refractivity contribution in [2.45, 2.75) is 33.1 Å². The minimum Gasteiger partial charge on any atom is -0.481 e. The summed E-state index contributed by atoms with van der Waals surface area (Å²) in [7, 11) is 0. The highest BCUT2D eigenvalue weighted by Gasteiger charge is 2.15. The molecule has 0 radical (unpaired) electrons. The van der Waals surface area contributed by atoms with Crippen LogP contribution in [0.15, 0.2) is 0 Å². The maximum Gasteiger partial charge on any atom is 0.303 e. The molecule has 0 unspecified atom stereocenters. The van der Waals surface area contributed by atoms with Crippen molar-refractivity contribution in [3.8, 4) is 0 Å². The van der Waals surface area contributed by atoms with Crippen LogP contribution < -0.4 is 11.5 Å². The Morgan fingerprint density at radius 2 is 1.29 bits per heavy atom. The van der Waals surface area contributed by atoms with E-state index >= 15 is 0 Å². The normalized spacial score (nSPS) is 12.2. The molecule has 17 heavy (non-hydrogen) atoms. The Kier molecular flexibility index (Phi) is 12.7. The SMILES string of the molecule is C.N.O=C(O)CCC(=O)O.O=C1CCC(=O)N1. The number of hydrogen-bond donors (Lipinski definition) is 4. The van der Waals surface area contributed by atoms with Crippen LogP contribution in [0.1, 0.15) is 33.1 Å². The highest BCUT2D eigenvalue weighted by atomic mass is 16.4. The van der Waals surface area contributed by atoms with Crippen molar-refractivity contribution < 1.29 is 29.4 Å². The number of carboxylic acids is 2. The Balaban J connectivity index is -0.000000207. The summed E-state index contributed by atoms with van der Waals surface area (Å²) < 4.78 is 0. The van der Waals surface area contributed by atoms with E-state index in [0.29, 0.717) is 12.8 Å². The lowest BCUT2D eigenvalue weighted by atomic mass is 10.3. The van der Waals surface area contributed by atoms with Gasteiger partial charge in [0.1, 0.15) is 0 Å². The second kappa shape index (κ2) is 10.6. The lowest BCUT2D eigenvalue weighted by Gasteiger charge is -1.85. The van der Waals surface area contributed by atoms with Gasteiger partial charge in [-0.1, -0.05) is 7.43 Å². The largest absolute Gasteiger partial charge is 0.481 e. The van der Waals surface area contributed by atoms with E-state index in [9.17, 15) is 19.2 Å². The molecule has 0 aromatic heterocycles. The predicted molar refractivity (Wildman–Crippen MR) is 58.6 cm³/mol. The van der Waals surface area contributed by atoms with E-state index in [-0.39, 0.29) is 38.2 Å². The zero-order valence-electron chi connectivity index (χ0n) is 8.56. The molecule has 1 fully saturated rings. The Bertz CT molecular complexity index is 261. The molecule has 1 aliphatic rings. The molecule has 8 heteroatoms. The first kappa shape index (κ1) is 20.5. The summed E-state index contributed by atoms with van der Waals surface area (Å²) in [5, 5.41) is 17.9. The Labute approximate surface area is 98.6 Å². The summed E-state index contributed by atoms with van der Waals surface area (Å²) in [4.78, 5) is 39.5. The van der Waals surface area contributed by atoms with Gasteiger partial charge in [0, 0.05) is 12.8 Å². The molecular weight excluding hydrogens is 232 g/mol. The molecule has 1 saturated heterocycles. The molecule has 0 aliphatic carbocycles. The van der Waals surface area contributed by atoms with Crippen molar-refractivity contribution in [1.82, 2.24) is 11.5 Å². The molecule has 0 saturated carbocycles. The zero-order valence-corrected chi connectivity index (χ0v) is 8.56. The third-order valence-electron chi connectivity index (χ3n) is 1.41. The first-order chi connectivity index (χ1) is 6.91. The van der Waals surface area contributed by atoms with Crippen molar-refractivity contribution in [3.63, 3.8) is 0 Å². The fourth-order valence-corrected chi connectivity index (χ4v) is 0.721. The van der Waals surface area contributed by atoms with Crippen LogP contribution >= 0.6 is 0 Å². The summed E-state index contributed by atoms with van der Waals surface area (Å²) in [6.07, 6.45) is 0.155. The van der Waals surface area contributed by atoms with Crippen molar-refractivity contribution in [2.24, 2.45) is 0 Å². The van der Waals surface area contributed by atoms with Gasteiger partial charge >= 0.3 is 11.9 Å². The van der Waals surface area contributed by atoms with E-state index < -0.39 is 11.9 Å². The molecule has 0 atom stereocenters. The lowest BCUT2D eigenvalue weighted by Crippen LogP contribution is -2.18. The zero-order chi connectivity index (χ0) is 11.8. The number of nitrogens with one attached hydrogen (secondary N) is 1. The van der Waals surface area contributed by atoms with Crippen molar-refractivity contribution in [1.29, 1.82) is 0 Å². The quantitative estimate of drug-likeness (QED) is 0.519. The maximum absolute atomic E-state index is 10.1. The van der Waals surface area contributed by atoms with Crippen molar-refractivity contribution in [3.05, 3.63) is 0 Å². The smallest absolute Gasteiger partial charge is 0.303 e. The Morgan fingerprint density at radius 3 is 1.41 bits per heavy atom. The average molecular weight is 250 g/mol. The molecule has 1 aliphatic heterocycles. The second-order valence-electron chi connectivity index (χ2n) is 2.76. The number of aliphatic carboxylic acids is 2. The third kappa shape index (κ3) is 14.0. The molecule has 1 rings (SSSR count). The first-order valence-electron chi connectivity index (χ1n) is 4.18. The summed E-state index contributed by atoms with van der Waals surface area (Å²) in [6.45, 7) is 0. The van der Waals surface area contributed by atoms with Crippen LogP contribution in [0.5, 0.6) is 0 Å². The maximum atomic E-state index is 10.1. The Morgan fingerprint density at radius 1 is 1.00 bits per heavy atom. The number of imide groups is 1. The number of hydrogen-bond acceptors (Lipinski definition) is 5. The molecule has 2 amide bonds. The minimum absolute atomic E-state index is 0. The van der Waals surface area contributed by atoms with Gasteiger partial charge in [-0.05, 0) is 0 Å². The second-order valence-corrected chi connectivity index (χ2v) is 2.76. The number of rotatable bonds is 3. The number of carbonyl (C=O) groups excluding carboxylic acids is 2. The van der Waals surface area contributed by atoms with Crippen molar-refractivity contribution in [2.75, 3.05) is 0 Å². The van der Waals surface area contributed by atoms with Crippen LogP contribution in [0, 0.1) is 0 Å². The monoisotopic (exact) mass is 250 g/mol. The standard InChI is InChI=1S/C4H5NO2.C4H6O4.CH4.H3N/c6-3-1-2-4(7)5-3;5-3(6)1-2-4(7)8;;/h1-2H2,(H,5,6,7);1-2H2,(H,5,6)(H,7,8);1H4;1H3. The predicted octanol–water partition coefficient (Wildman–Crippen LogP) is 0.157. The summed E-state index contributed by atoms with van der Waals surface area (Å²) >= 11 is 0. The van der Waals surface area contributed by atoms with Crippen LogP contribution in [0.2, 0.25) is 0 Å². The van der Waals surface area contributed by atoms with E-state index in [0.717, 1.165) is 0 Å². The van der Waals surface area contributed by atoms with E-state index in [1.807, 2.05) is 0 Å². The first-order valence-corrected chi connectivity index (χ1v) is 4.18. The highest BCUT2D eigenvalue weighted by molar-refractivity contribution is 6.01. The molecule has 0 bridgehead atoms. The highest BCUT2D eigenvalue weighted by Crippen LogP contribution is 1.95. The number of carboxylic acid groups (broad SMARTS) is 2. The molecule has 0 aromatic rings. The number of carbonyl (C=O) groups is 4. The van der Waals surface area contributed by atoms with Crippen molar-refractivity contribution >= 4 is 23.8 Å². The third-order valence-corrected chi connectivity index (χ3v) is 1.41. The van der Waals surface area contributed by atoms with E-state index in [2.05, 4.69) is 5.32 Å². The van der Waals surface area contributed by atoms with Gasteiger partial charge in [0.25, 0.3) is 0 Å². The molecule has 0 spiro atoms. The average Bonchev–Trinajstić information content (AvgIpc) is 2.47. The van der Waals surface area contributed by atoms with Gasteiger partial charge in [0.15, 0.2) is 0 Å². The minimum atomic E-state index is -1.08. The van der Waals surface area contributed by atoms with Gasteiger partial charge in [0.2, 0.25) is 11.8 Å².